The SMILES string of the molecule is CCC(C)(O)CN1CCNC1=O. The molecule has 0 aromatic carbocycles. The van der Waals surface area contributed by atoms with Crippen molar-refractivity contribution in [3.05, 3.63) is 0 Å². The highest BCUT2D eigenvalue weighted by molar-refractivity contribution is 5.76. The maximum absolute atomic E-state index is 11.1. The molecule has 1 rings (SSSR count). The van der Waals surface area contributed by atoms with E-state index in [1.807, 2.05) is 6.92 Å². The number of carbonyl (C=O) groups is 1. The number of rotatable bonds is 3. The highest BCUT2D eigenvalue weighted by Crippen LogP contribution is 2.11. The Balaban J connectivity index is 2.45. The lowest BCUT2D eigenvalue weighted by atomic mass is 10.0. The zero-order valence-electron chi connectivity index (χ0n) is 7.63. The van der Waals surface area contributed by atoms with E-state index in [1.54, 1.807) is 11.8 Å². The first kappa shape index (κ1) is 9.32. The number of hydrogen-bond donors (Lipinski definition) is 2. The van der Waals surface area contributed by atoms with Crippen LogP contribution in [0.2, 0.25) is 0 Å². The quantitative estimate of drug-likeness (QED) is 0.637. The Bertz CT molecular complexity index is 180. The van der Waals surface area contributed by atoms with Gasteiger partial charge in [0.05, 0.1) is 12.1 Å². The number of urea groups is 1. The number of nitrogens with one attached hydrogen (secondary N) is 1. The largest absolute Gasteiger partial charge is 0.388 e. The molecule has 1 unspecified atom stereocenters. The lowest BCUT2D eigenvalue weighted by Crippen LogP contribution is -2.41. The van der Waals surface area contributed by atoms with Crippen LogP contribution in [0.4, 0.5) is 4.79 Å². The van der Waals surface area contributed by atoms with Crippen molar-refractivity contribution in [3.63, 3.8) is 0 Å². The summed E-state index contributed by atoms with van der Waals surface area (Å²) in [7, 11) is 0. The Kier molecular flexibility index (Phi) is 2.57. The summed E-state index contributed by atoms with van der Waals surface area (Å²) < 4.78 is 0. The topological polar surface area (TPSA) is 52.6 Å². The number of carbonyl (C=O) groups excluding carboxylic acids is 1. The second kappa shape index (κ2) is 3.31. The molecule has 0 aromatic rings. The summed E-state index contributed by atoms with van der Waals surface area (Å²) in [6.07, 6.45) is 0.663. The van der Waals surface area contributed by atoms with Gasteiger partial charge in [-0.15, -0.1) is 0 Å². The van der Waals surface area contributed by atoms with Crippen LogP contribution >= 0.6 is 0 Å². The monoisotopic (exact) mass is 172 g/mol. The van der Waals surface area contributed by atoms with Crippen molar-refractivity contribution in [1.82, 2.24) is 10.2 Å². The van der Waals surface area contributed by atoms with Crippen molar-refractivity contribution in [3.8, 4) is 0 Å². The molecule has 1 aliphatic heterocycles. The molecule has 0 spiro atoms. The summed E-state index contributed by atoms with van der Waals surface area (Å²) in [5, 5.41) is 12.4. The van der Waals surface area contributed by atoms with Crippen LogP contribution in [0.5, 0.6) is 0 Å². The van der Waals surface area contributed by atoms with Crippen molar-refractivity contribution in [2.24, 2.45) is 0 Å². The van der Waals surface area contributed by atoms with Crippen LogP contribution in [0.25, 0.3) is 0 Å². The van der Waals surface area contributed by atoms with Crippen LogP contribution in [0.3, 0.4) is 0 Å². The molecule has 2 amide bonds. The molecule has 1 saturated heterocycles. The average Bonchev–Trinajstić information content (AvgIpc) is 2.36. The molecule has 0 radical (unpaired) electrons. The van der Waals surface area contributed by atoms with Gasteiger partial charge >= 0.3 is 6.03 Å². The minimum atomic E-state index is -0.748. The smallest absolute Gasteiger partial charge is 0.317 e. The molecule has 4 nitrogen and oxygen atoms in total. The second-order valence-corrected chi connectivity index (χ2v) is 3.50. The minimum absolute atomic E-state index is 0.0660. The summed E-state index contributed by atoms with van der Waals surface area (Å²) in [6.45, 7) is 5.48. The zero-order valence-corrected chi connectivity index (χ0v) is 7.63. The van der Waals surface area contributed by atoms with Crippen LogP contribution < -0.4 is 5.32 Å². The number of aliphatic hydroxyl groups is 1. The molecule has 0 saturated carbocycles. The first-order valence-corrected chi connectivity index (χ1v) is 4.30. The van der Waals surface area contributed by atoms with Crippen molar-refractivity contribution in [2.75, 3.05) is 19.6 Å². The van der Waals surface area contributed by atoms with Gasteiger partial charge in [0.25, 0.3) is 0 Å². The third kappa shape index (κ3) is 2.11. The fraction of sp³-hybridized carbons (Fsp3) is 0.875. The highest BCUT2D eigenvalue weighted by atomic mass is 16.3. The van der Waals surface area contributed by atoms with Gasteiger partial charge in [0.1, 0.15) is 0 Å². The van der Waals surface area contributed by atoms with Crippen LogP contribution in [0, 0.1) is 0 Å². The number of β-amino-alcohol motifs (C(OH)–C–C–N with tert-alkyl or cyclic N) is 1. The highest BCUT2D eigenvalue weighted by Gasteiger charge is 2.27. The molecule has 1 fully saturated rings. The Morgan fingerprint density at radius 1 is 1.75 bits per heavy atom. The summed E-state index contributed by atoms with van der Waals surface area (Å²) in [6, 6.07) is -0.0660. The molecule has 0 aromatic heterocycles. The van der Waals surface area contributed by atoms with E-state index in [0.717, 1.165) is 0 Å². The van der Waals surface area contributed by atoms with Gasteiger partial charge in [0, 0.05) is 13.1 Å². The molecule has 1 aliphatic rings. The van der Waals surface area contributed by atoms with E-state index >= 15 is 0 Å². The molecule has 70 valence electrons. The Hall–Kier alpha value is -0.770. The van der Waals surface area contributed by atoms with E-state index < -0.39 is 5.60 Å². The molecule has 0 bridgehead atoms. The fourth-order valence-corrected chi connectivity index (χ4v) is 1.18. The van der Waals surface area contributed by atoms with Gasteiger partial charge in [-0.1, -0.05) is 6.92 Å². The maximum Gasteiger partial charge on any atom is 0.317 e. The fourth-order valence-electron chi connectivity index (χ4n) is 1.18. The van der Waals surface area contributed by atoms with E-state index in [2.05, 4.69) is 5.32 Å². The molecule has 1 atom stereocenters. The van der Waals surface area contributed by atoms with Crippen molar-refractivity contribution in [1.29, 1.82) is 0 Å². The first-order chi connectivity index (χ1) is 5.55. The number of hydrogen-bond acceptors (Lipinski definition) is 2. The van der Waals surface area contributed by atoms with Gasteiger partial charge in [0.15, 0.2) is 0 Å². The van der Waals surface area contributed by atoms with E-state index in [0.29, 0.717) is 26.1 Å². The Morgan fingerprint density at radius 2 is 2.42 bits per heavy atom. The molecule has 1 heterocycles. The second-order valence-electron chi connectivity index (χ2n) is 3.50. The van der Waals surface area contributed by atoms with Crippen LogP contribution in [0.15, 0.2) is 0 Å². The zero-order chi connectivity index (χ0) is 9.19. The van der Waals surface area contributed by atoms with Crippen molar-refractivity contribution >= 4 is 6.03 Å². The number of amides is 2. The average molecular weight is 172 g/mol. The van der Waals surface area contributed by atoms with Crippen molar-refractivity contribution < 1.29 is 9.90 Å². The third-order valence-corrected chi connectivity index (χ3v) is 2.24. The van der Waals surface area contributed by atoms with E-state index in [-0.39, 0.29) is 6.03 Å². The van der Waals surface area contributed by atoms with Gasteiger partial charge in [-0.2, -0.15) is 0 Å². The third-order valence-electron chi connectivity index (χ3n) is 2.24. The molecular weight excluding hydrogens is 156 g/mol. The normalized spacial score (nSPS) is 22.2. The van der Waals surface area contributed by atoms with Gasteiger partial charge < -0.3 is 15.3 Å². The standard InChI is InChI=1S/C8H16N2O2/c1-3-8(2,12)6-10-5-4-9-7(10)11/h12H,3-6H2,1-2H3,(H,9,11). The predicted molar refractivity (Wildman–Crippen MR) is 45.9 cm³/mol. The first-order valence-electron chi connectivity index (χ1n) is 4.30. The number of nitrogens with zero attached hydrogens (tertiary/aromatic N) is 1. The van der Waals surface area contributed by atoms with E-state index in [9.17, 15) is 9.90 Å². The van der Waals surface area contributed by atoms with Crippen molar-refractivity contribution in [2.45, 2.75) is 25.9 Å². The van der Waals surface area contributed by atoms with E-state index in [4.69, 9.17) is 0 Å². The van der Waals surface area contributed by atoms with Crippen LogP contribution in [-0.2, 0) is 0 Å². The summed E-state index contributed by atoms with van der Waals surface area (Å²) in [5.74, 6) is 0. The van der Waals surface area contributed by atoms with E-state index in [1.165, 1.54) is 0 Å². The molecule has 2 N–H and O–H groups in total. The predicted octanol–water partition coefficient (Wildman–Crippen LogP) is 0.173. The van der Waals surface area contributed by atoms with Gasteiger partial charge in [-0.05, 0) is 13.3 Å². The molecular formula is C8H16N2O2. The lowest BCUT2D eigenvalue weighted by molar-refractivity contribution is 0.0313. The summed E-state index contributed by atoms with van der Waals surface area (Å²) in [5.41, 5.74) is -0.748. The van der Waals surface area contributed by atoms with Gasteiger partial charge in [0.2, 0.25) is 0 Å². The molecule has 0 aliphatic carbocycles. The summed E-state index contributed by atoms with van der Waals surface area (Å²) >= 11 is 0. The summed E-state index contributed by atoms with van der Waals surface area (Å²) in [4.78, 5) is 12.7. The van der Waals surface area contributed by atoms with Gasteiger partial charge in [-0.25, -0.2) is 4.79 Å². The van der Waals surface area contributed by atoms with Crippen LogP contribution in [-0.4, -0.2) is 41.3 Å². The maximum atomic E-state index is 11.1. The minimum Gasteiger partial charge on any atom is -0.388 e. The molecule has 12 heavy (non-hydrogen) atoms. The Labute approximate surface area is 72.6 Å². The molecule has 4 heteroatoms. The van der Waals surface area contributed by atoms with Crippen LogP contribution in [0.1, 0.15) is 20.3 Å². The Morgan fingerprint density at radius 3 is 2.83 bits per heavy atom. The van der Waals surface area contributed by atoms with Gasteiger partial charge in [-0.3, -0.25) is 0 Å². The lowest BCUT2D eigenvalue weighted by Gasteiger charge is -2.26.